The fourth-order valence-corrected chi connectivity index (χ4v) is 1.27. The fraction of sp³-hybridized carbons (Fsp3) is 0.250. The molecule has 0 atom stereocenters. The van der Waals surface area contributed by atoms with Gasteiger partial charge in [-0.3, -0.25) is 0 Å². The Hall–Kier alpha value is -0.480. The van der Waals surface area contributed by atoms with Gasteiger partial charge in [0.05, 0.1) is 6.61 Å². The van der Waals surface area contributed by atoms with Crippen molar-refractivity contribution in [2.24, 2.45) is 0 Å². The molecule has 0 aliphatic carbocycles. The Morgan fingerprint density at radius 2 is 2.08 bits per heavy atom. The lowest BCUT2D eigenvalue weighted by atomic mass is 10.2. The fourth-order valence-electron chi connectivity index (χ4n) is 0.846. The molecule has 66 valence electrons. The van der Waals surface area contributed by atoms with Crippen molar-refractivity contribution in [1.82, 2.24) is 0 Å². The summed E-state index contributed by atoms with van der Waals surface area (Å²) < 4.78 is 30.8. The first-order valence-electron chi connectivity index (χ1n) is 3.28. The van der Waals surface area contributed by atoms with Gasteiger partial charge in [-0.1, -0.05) is 15.9 Å². The first-order chi connectivity index (χ1) is 5.66. The molecule has 0 N–H and O–H groups in total. The van der Waals surface area contributed by atoms with Gasteiger partial charge in [-0.05, 0) is 12.1 Å². The molecule has 1 nitrogen and oxygen atoms in total. The molecule has 4 heteroatoms. The average Bonchev–Trinajstić information content (AvgIpc) is 2.06. The molecule has 0 fully saturated rings. The van der Waals surface area contributed by atoms with Crippen LogP contribution in [0.1, 0.15) is 5.56 Å². The van der Waals surface area contributed by atoms with E-state index in [-0.39, 0.29) is 12.2 Å². The molecular formula is C8H7BrF2O. The Morgan fingerprint density at radius 3 is 2.67 bits per heavy atom. The molecule has 0 spiro atoms. The lowest BCUT2D eigenvalue weighted by Crippen LogP contribution is -1.97. The topological polar surface area (TPSA) is 9.23 Å². The molecule has 0 heterocycles. The van der Waals surface area contributed by atoms with Gasteiger partial charge < -0.3 is 4.74 Å². The lowest BCUT2D eigenvalue weighted by molar-refractivity contribution is 0.180. The Balaban J connectivity index is 3.14. The highest BCUT2D eigenvalue weighted by Gasteiger charge is 2.10. The molecule has 1 aromatic rings. The van der Waals surface area contributed by atoms with E-state index < -0.39 is 11.6 Å². The SMILES string of the molecule is COCc1c(Br)ccc(F)c1F. The van der Waals surface area contributed by atoms with Crippen molar-refractivity contribution in [2.75, 3.05) is 7.11 Å². The summed E-state index contributed by atoms with van der Waals surface area (Å²) in [5, 5.41) is 0. The van der Waals surface area contributed by atoms with Crippen LogP contribution in [0.5, 0.6) is 0 Å². The highest BCUT2D eigenvalue weighted by molar-refractivity contribution is 9.10. The van der Waals surface area contributed by atoms with Gasteiger partial charge in [0.1, 0.15) is 0 Å². The smallest absolute Gasteiger partial charge is 0.165 e. The van der Waals surface area contributed by atoms with Crippen LogP contribution in [-0.2, 0) is 11.3 Å². The van der Waals surface area contributed by atoms with Gasteiger partial charge in [0, 0.05) is 17.1 Å². The standard InChI is InChI=1S/C8H7BrF2O/c1-12-4-5-6(9)2-3-7(10)8(5)11/h2-3H,4H2,1H3. The number of rotatable bonds is 2. The van der Waals surface area contributed by atoms with Crippen LogP contribution in [0.2, 0.25) is 0 Å². The second kappa shape index (κ2) is 3.96. The summed E-state index contributed by atoms with van der Waals surface area (Å²) >= 11 is 3.10. The normalized spacial score (nSPS) is 10.3. The maximum Gasteiger partial charge on any atom is 0.165 e. The summed E-state index contributed by atoms with van der Waals surface area (Å²) in [6.07, 6.45) is 0. The van der Waals surface area contributed by atoms with Crippen molar-refractivity contribution in [2.45, 2.75) is 6.61 Å². The molecule has 0 aliphatic rings. The van der Waals surface area contributed by atoms with Crippen LogP contribution in [0.15, 0.2) is 16.6 Å². The van der Waals surface area contributed by atoms with Gasteiger partial charge in [-0.2, -0.15) is 0 Å². The third kappa shape index (κ3) is 1.81. The second-order valence-corrected chi connectivity index (χ2v) is 3.11. The minimum Gasteiger partial charge on any atom is -0.380 e. The highest BCUT2D eigenvalue weighted by atomic mass is 79.9. The Morgan fingerprint density at radius 1 is 1.42 bits per heavy atom. The van der Waals surface area contributed by atoms with E-state index in [0.717, 1.165) is 6.07 Å². The zero-order valence-electron chi connectivity index (χ0n) is 6.40. The molecule has 1 aromatic carbocycles. The third-order valence-corrected chi connectivity index (χ3v) is 2.17. The van der Waals surface area contributed by atoms with E-state index in [4.69, 9.17) is 4.74 Å². The monoisotopic (exact) mass is 236 g/mol. The predicted molar refractivity (Wildman–Crippen MR) is 44.8 cm³/mol. The summed E-state index contributed by atoms with van der Waals surface area (Å²) in [5.74, 6) is -1.71. The first kappa shape index (κ1) is 9.61. The van der Waals surface area contributed by atoms with Crippen molar-refractivity contribution in [3.05, 3.63) is 33.8 Å². The van der Waals surface area contributed by atoms with E-state index in [2.05, 4.69) is 15.9 Å². The molecule has 0 bridgehead atoms. The molecule has 0 amide bonds. The second-order valence-electron chi connectivity index (χ2n) is 2.25. The van der Waals surface area contributed by atoms with Crippen molar-refractivity contribution < 1.29 is 13.5 Å². The minimum absolute atomic E-state index is 0.0597. The van der Waals surface area contributed by atoms with Crippen molar-refractivity contribution >= 4 is 15.9 Å². The van der Waals surface area contributed by atoms with Crippen LogP contribution < -0.4 is 0 Å². The van der Waals surface area contributed by atoms with Gasteiger partial charge in [-0.25, -0.2) is 8.78 Å². The molecular weight excluding hydrogens is 230 g/mol. The summed E-state index contributed by atoms with van der Waals surface area (Å²) in [5.41, 5.74) is 0.206. The summed E-state index contributed by atoms with van der Waals surface area (Å²) in [6, 6.07) is 2.52. The van der Waals surface area contributed by atoms with Gasteiger partial charge in [-0.15, -0.1) is 0 Å². The Labute approximate surface area is 77.5 Å². The van der Waals surface area contributed by atoms with E-state index in [0.29, 0.717) is 4.47 Å². The molecule has 0 aliphatic heterocycles. The zero-order valence-corrected chi connectivity index (χ0v) is 7.99. The van der Waals surface area contributed by atoms with E-state index in [1.165, 1.54) is 13.2 Å². The van der Waals surface area contributed by atoms with Crippen molar-refractivity contribution in [1.29, 1.82) is 0 Å². The van der Waals surface area contributed by atoms with Crippen LogP contribution in [0.3, 0.4) is 0 Å². The van der Waals surface area contributed by atoms with Gasteiger partial charge in [0.15, 0.2) is 11.6 Å². The van der Waals surface area contributed by atoms with Crippen molar-refractivity contribution in [3.8, 4) is 0 Å². The number of benzene rings is 1. The number of hydrogen-bond donors (Lipinski definition) is 0. The average molecular weight is 237 g/mol. The summed E-state index contributed by atoms with van der Waals surface area (Å²) in [6.45, 7) is 0.0597. The number of methoxy groups -OCH3 is 1. The van der Waals surface area contributed by atoms with Gasteiger partial charge in [0.25, 0.3) is 0 Å². The van der Waals surface area contributed by atoms with Crippen LogP contribution in [-0.4, -0.2) is 7.11 Å². The lowest BCUT2D eigenvalue weighted by Gasteiger charge is -2.04. The first-order valence-corrected chi connectivity index (χ1v) is 4.07. The van der Waals surface area contributed by atoms with E-state index >= 15 is 0 Å². The maximum atomic E-state index is 13.0. The number of halogens is 3. The Kier molecular flexibility index (Phi) is 3.17. The van der Waals surface area contributed by atoms with Crippen LogP contribution >= 0.6 is 15.9 Å². The third-order valence-electron chi connectivity index (χ3n) is 1.43. The van der Waals surface area contributed by atoms with Gasteiger partial charge in [0.2, 0.25) is 0 Å². The van der Waals surface area contributed by atoms with Crippen LogP contribution in [0.25, 0.3) is 0 Å². The Bertz CT molecular complexity index is 289. The molecule has 0 unspecified atom stereocenters. The molecule has 0 radical (unpaired) electrons. The molecule has 0 aromatic heterocycles. The largest absolute Gasteiger partial charge is 0.380 e. The van der Waals surface area contributed by atoms with E-state index in [1.54, 1.807) is 0 Å². The molecule has 0 saturated carbocycles. The van der Waals surface area contributed by atoms with Crippen LogP contribution in [0.4, 0.5) is 8.78 Å². The molecule has 1 rings (SSSR count). The van der Waals surface area contributed by atoms with E-state index in [9.17, 15) is 8.78 Å². The highest BCUT2D eigenvalue weighted by Crippen LogP contribution is 2.22. The maximum absolute atomic E-state index is 13.0. The summed E-state index contributed by atoms with van der Waals surface area (Å²) in [7, 11) is 1.43. The van der Waals surface area contributed by atoms with Gasteiger partial charge >= 0.3 is 0 Å². The molecule has 12 heavy (non-hydrogen) atoms. The van der Waals surface area contributed by atoms with Crippen LogP contribution in [0, 0.1) is 11.6 Å². The number of ether oxygens (including phenoxy) is 1. The summed E-state index contributed by atoms with van der Waals surface area (Å²) in [4.78, 5) is 0. The van der Waals surface area contributed by atoms with E-state index in [1.807, 2.05) is 0 Å². The quantitative estimate of drug-likeness (QED) is 0.718. The minimum atomic E-state index is -0.856. The zero-order chi connectivity index (χ0) is 9.14. The van der Waals surface area contributed by atoms with Crippen molar-refractivity contribution in [3.63, 3.8) is 0 Å². The molecule has 0 saturated heterocycles. The number of hydrogen-bond acceptors (Lipinski definition) is 1. The predicted octanol–water partition coefficient (Wildman–Crippen LogP) is 2.87.